The molecule has 0 spiro atoms. The maximum atomic E-state index is 4.57. The molecule has 2 unspecified atom stereocenters. The molecule has 1 N–H and O–H groups in total. The number of nitrogens with one attached hydrogen (secondary N) is 1. The fourth-order valence-electron chi connectivity index (χ4n) is 3.00. The van der Waals surface area contributed by atoms with Crippen LogP contribution in [-0.2, 0) is 0 Å². The molecule has 1 aliphatic rings. The Balaban J connectivity index is 2.00. The monoisotopic (exact) mass is 226 g/mol. The van der Waals surface area contributed by atoms with Crippen molar-refractivity contribution in [2.24, 2.45) is 0 Å². The van der Waals surface area contributed by atoms with Crippen LogP contribution >= 0.6 is 0 Å². The predicted molar refractivity (Wildman–Crippen MR) is 71.2 cm³/mol. The van der Waals surface area contributed by atoms with Crippen molar-refractivity contribution in [3.05, 3.63) is 42.1 Å². The highest BCUT2D eigenvalue weighted by atomic mass is 14.9. The number of rotatable bonds is 2. The number of hydrogen-bond acceptors (Lipinski definition) is 2. The van der Waals surface area contributed by atoms with Crippen LogP contribution in [0.4, 0.5) is 0 Å². The Morgan fingerprint density at radius 1 is 1.24 bits per heavy atom. The average molecular weight is 226 g/mol. The Hall–Kier alpha value is -1.41. The maximum absolute atomic E-state index is 4.57. The molecule has 0 bridgehead atoms. The van der Waals surface area contributed by atoms with Gasteiger partial charge in [-0.15, -0.1) is 0 Å². The number of fused-ring (bicyclic) bond motifs is 1. The molecule has 1 aliphatic carbocycles. The van der Waals surface area contributed by atoms with Gasteiger partial charge in [-0.1, -0.05) is 24.6 Å². The molecule has 2 aromatic rings. The molecule has 1 fully saturated rings. The second kappa shape index (κ2) is 4.46. The van der Waals surface area contributed by atoms with Gasteiger partial charge >= 0.3 is 0 Å². The number of benzene rings is 1. The van der Waals surface area contributed by atoms with E-state index < -0.39 is 0 Å². The summed E-state index contributed by atoms with van der Waals surface area (Å²) in [5.74, 6) is 0.636. The Morgan fingerprint density at radius 2 is 2.12 bits per heavy atom. The Labute approximate surface area is 102 Å². The van der Waals surface area contributed by atoms with E-state index in [0.29, 0.717) is 12.0 Å². The first-order valence-electron chi connectivity index (χ1n) is 6.40. The van der Waals surface area contributed by atoms with Crippen molar-refractivity contribution in [3.63, 3.8) is 0 Å². The summed E-state index contributed by atoms with van der Waals surface area (Å²) < 4.78 is 0. The van der Waals surface area contributed by atoms with Crippen LogP contribution in [0, 0.1) is 0 Å². The molecule has 88 valence electrons. The van der Waals surface area contributed by atoms with Crippen molar-refractivity contribution in [2.75, 3.05) is 7.05 Å². The number of nitrogens with zero attached hydrogens (tertiary/aromatic N) is 1. The summed E-state index contributed by atoms with van der Waals surface area (Å²) in [6.45, 7) is 0. The number of pyridine rings is 1. The average Bonchev–Trinajstić information content (AvgIpc) is 2.86. The lowest BCUT2D eigenvalue weighted by atomic mass is 9.94. The molecule has 17 heavy (non-hydrogen) atoms. The largest absolute Gasteiger partial charge is 0.316 e. The van der Waals surface area contributed by atoms with Crippen molar-refractivity contribution >= 4 is 10.9 Å². The van der Waals surface area contributed by atoms with Crippen LogP contribution in [0.3, 0.4) is 0 Å². The summed E-state index contributed by atoms with van der Waals surface area (Å²) in [4.78, 5) is 4.57. The fraction of sp³-hybridized carbons (Fsp3) is 0.400. The van der Waals surface area contributed by atoms with Gasteiger partial charge in [-0.25, -0.2) is 0 Å². The molecule has 1 aromatic heterocycles. The highest BCUT2D eigenvalue weighted by Gasteiger charge is 2.27. The predicted octanol–water partition coefficient (Wildman–Crippen LogP) is 3.09. The second-order valence-electron chi connectivity index (χ2n) is 4.89. The summed E-state index contributed by atoms with van der Waals surface area (Å²) in [6.07, 6.45) is 5.95. The van der Waals surface area contributed by atoms with E-state index in [-0.39, 0.29) is 0 Å². The lowest BCUT2D eigenvalue weighted by Crippen LogP contribution is -2.27. The fourth-order valence-corrected chi connectivity index (χ4v) is 3.00. The first-order chi connectivity index (χ1) is 8.38. The topological polar surface area (TPSA) is 24.9 Å². The molecule has 2 heteroatoms. The quantitative estimate of drug-likeness (QED) is 0.851. The molecule has 0 saturated heterocycles. The van der Waals surface area contributed by atoms with Crippen molar-refractivity contribution in [1.82, 2.24) is 10.3 Å². The van der Waals surface area contributed by atoms with Crippen molar-refractivity contribution in [1.29, 1.82) is 0 Å². The lowest BCUT2D eigenvalue weighted by Gasteiger charge is -2.19. The number of likely N-dealkylation sites (N-methyl/N-ethyl adjacent to an activating group) is 1. The molecule has 0 aliphatic heterocycles. The molecule has 2 nitrogen and oxygen atoms in total. The number of aromatic nitrogens is 1. The standard InChI is InChI=1S/C15H18N2/c1-16-15-8-4-6-13(15)12-9-11-5-2-3-7-14(11)17-10-12/h2-3,5,7,9-10,13,15-16H,4,6,8H2,1H3. The van der Waals surface area contributed by atoms with Gasteiger partial charge in [0.25, 0.3) is 0 Å². The first-order valence-corrected chi connectivity index (χ1v) is 6.40. The van der Waals surface area contributed by atoms with Crippen LogP contribution in [0.2, 0.25) is 0 Å². The Morgan fingerprint density at radius 3 is 3.00 bits per heavy atom. The van der Waals surface area contributed by atoms with E-state index in [9.17, 15) is 0 Å². The molecule has 1 aromatic carbocycles. The Kier molecular flexibility index (Phi) is 2.81. The van der Waals surface area contributed by atoms with Crippen LogP contribution in [-0.4, -0.2) is 18.1 Å². The molecule has 1 heterocycles. The zero-order chi connectivity index (χ0) is 11.7. The summed E-state index contributed by atoms with van der Waals surface area (Å²) in [6, 6.07) is 11.3. The van der Waals surface area contributed by atoms with Gasteiger partial charge in [-0.3, -0.25) is 4.98 Å². The maximum Gasteiger partial charge on any atom is 0.0702 e. The summed E-state index contributed by atoms with van der Waals surface area (Å²) in [5.41, 5.74) is 2.48. The Bertz CT molecular complexity index is 521. The third-order valence-corrected chi connectivity index (χ3v) is 3.93. The van der Waals surface area contributed by atoms with Gasteiger partial charge in [0.1, 0.15) is 0 Å². The zero-order valence-corrected chi connectivity index (χ0v) is 10.2. The van der Waals surface area contributed by atoms with Gasteiger partial charge < -0.3 is 5.32 Å². The van der Waals surface area contributed by atoms with Crippen molar-refractivity contribution < 1.29 is 0 Å². The van der Waals surface area contributed by atoms with E-state index in [1.165, 1.54) is 30.2 Å². The molecular weight excluding hydrogens is 208 g/mol. The van der Waals surface area contributed by atoms with Crippen LogP contribution in [0.15, 0.2) is 36.5 Å². The van der Waals surface area contributed by atoms with Gasteiger partial charge in [0.15, 0.2) is 0 Å². The summed E-state index contributed by atoms with van der Waals surface area (Å²) >= 11 is 0. The molecular formula is C15H18N2. The van der Waals surface area contributed by atoms with Crippen LogP contribution < -0.4 is 5.32 Å². The minimum Gasteiger partial charge on any atom is -0.316 e. The smallest absolute Gasteiger partial charge is 0.0702 e. The van der Waals surface area contributed by atoms with Gasteiger partial charge in [0.05, 0.1) is 5.52 Å². The number of hydrogen-bond donors (Lipinski definition) is 1. The van der Waals surface area contributed by atoms with Crippen molar-refractivity contribution in [2.45, 2.75) is 31.2 Å². The van der Waals surface area contributed by atoms with Crippen molar-refractivity contribution in [3.8, 4) is 0 Å². The van der Waals surface area contributed by atoms with E-state index in [4.69, 9.17) is 0 Å². The van der Waals surface area contributed by atoms with E-state index in [1.54, 1.807) is 0 Å². The van der Waals surface area contributed by atoms with Crippen LogP contribution in [0.1, 0.15) is 30.7 Å². The third-order valence-electron chi connectivity index (χ3n) is 3.93. The first kappa shape index (κ1) is 10.7. The summed E-state index contributed by atoms with van der Waals surface area (Å²) in [5, 5.41) is 4.69. The van der Waals surface area contributed by atoms with E-state index in [2.05, 4.69) is 47.8 Å². The zero-order valence-electron chi connectivity index (χ0n) is 10.2. The minimum atomic E-state index is 0.623. The third kappa shape index (κ3) is 1.93. The SMILES string of the molecule is CNC1CCCC1c1cnc2ccccc2c1. The molecule has 0 amide bonds. The highest BCUT2D eigenvalue weighted by molar-refractivity contribution is 5.78. The highest BCUT2D eigenvalue weighted by Crippen LogP contribution is 2.34. The molecule has 0 radical (unpaired) electrons. The summed E-state index contributed by atoms with van der Waals surface area (Å²) in [7, 11) is 2.07. The van der Waals surface area contributed by atoms with Crippen LogP contribution in [0.25, 0.3) is 10.9 Å². The molecule has 2 atom stereocenters. The number of para-hydroxylation sites is 1. The molecule has 3 rings (SSSR count). The minimum absolute atomic E-state index is 0.623. The normalized spacial score (nSPS) is 24.3. The van der Waals surface area contributed by atoms with Gasteiger partial charge in [0.2, 0.25) is 0 Å². The van der Waals surface area contributed by atoms with E-state index in [0.717, 1.165) is 5.52 Å². The molecule has 1 saturated carbocycles. The van der Waals surface area contributed by atoms with E-state index >= 15 is 0 Å². The van der Waals surface area contributed by atoms with Gasteiger partial charge in [0, 0.05) is 23.5 Å². The van der Waals surface area contributed by atoms with Gasteiger partial charge in [-0.2, -0.15) is 0 Å². The van der Waals surface area contributed by atoms with Crippen LogP contribution in [0.5, 0.6) is 0 Å². The van der Waals surface area contributed by atoms with Gasteiger partial charge in [-0.05, 0) is 37.6 Å². The second-order valence-corrected chi connectivity index (χ2v) is 4.89. The van der Waals surface area contributed by atoms with E-state index in [1.807, 2.05) is 6.07 Å². The lowest BCUT2D eigenvalue weighted by molar-refractivity contribution is 0.522.